The Balaban J connectivity index is 1.70. The first-order chi connectivity index (χ1) is 17.5. The maximum Gasteiger partial charge on any atom is 0.325 e. The largest absolute Gasteiger partial charge is 0.468 e. The zero-order valence-corrected chi connectivity index (χ0v) is 22.9. The number of nitrogens with zero attached hydrogens (tertiary/aromatic N) is 3. The SMILES string of the molecule is COC(=O)Cn1c(=NC(=O)c2ccc(S(=O)(=O)N3CCCCCC3)cc2)sc2cc(S(C)(=O)=O)ccc21. The molecule has 1 aromatic heterocycles. The molecule has 1 amide bonds. The summed E-state index contributed by atoms with van der Waals surface area (Å²) in [6, 6.07) is 10.1. The Kier molecular flexibility index (Phi) is 7.97. The van der Waals surface area contributed by atoms with E-state index >= 15 is 0 Å². The van der Waals surface area contributed by atoms with Gasteiger partial charge in [0.15, 0.2) is 14.6 Å². The molecular weight excluding hydrogens is 538 g/mol. The maximum absolute atomic E-state index is 13.0. The van der Waals surface area contributed by atoms with Gasteiger partial charge in [-0.3, -0.25) is 9.59 Å². The number of carbonyl (C=O) groups is 2. The third-order valence-electron chi connectivity index (χ3n) is 6.10. The van der Waals surface area contributed by atoms with Crippen molar-refractivity contribution in [2.45, 2.75) is 42.0 Å². The van der Waals surface area contributed by atoms with E-state index in [1.807, 2.05) is 0 Å². The maximum atomic E-state index is 13.0. The van der Waals surface area contributed by atoms with Gasteiger partial charge in [-0.25, -0.2) is 16.8 Å². The molecule has 1 aliphatic heterocycles. The van der Waals surface area contributed by atoms with Gasteiger partial charge in [-0.1, -0.05) is 24.2 Å². The summed E-state index contributed by atoms with van der Waals surface area (Å²) < 4.78 is 58.2. The van der Waals surface area contributed by atoms with Gasteiger partial charge >= 0.3 is 5.97 Å². The lowest BCUT2D eigenvalue weighted by molar-refractivity contribution is -0.141. The Morgan fingerprint density at radius 2 is 1.57 bits per heavy atom. The van der Waals surface area contributed by atoms with Crippen LogP contribution in [0.3, 0.4) is 0 Å². The number of sulfone groups is 1. The highest BCUT2D eigenvalue weighted by Crippen LogP contribution is 2.23. The van der Waals surface area contributed by atoms with E-state index in [1.165, 1.54) is 52.4 Å². The molecule has 1 saturated heterocycles. The number of methoxy groups -OCH3 is 1. The first kappa shape index (κ1) is 27.2. The number of sulfonamides is 1. The van der Waals surface area contributed by atoms with Gasteiger partial charge in [-0.05, 0) is 55.3 Å². The summed E-state index contributed by atoms with van der Waals surface area (Å²) in [6.07, 6.45) is 4.74. The van der Waals surface area contributed by atoms with Crippen molar-refractivity contribution in [2.75, 3.05) is 26.5 Å². The van der Waals surface area contributed by atoms with Crippen LogP contribution >= 0.6 is 11.3 Å². The molecule has 37 heavy (non-hydrogen) atoms. The molecule has 1 aliphatic rings. The molecule has 2 aromatic carbocycles. The third kappa shape index (κ3) is 6.00. The minimum atomic E-state index is -3.65. The van der Waals surface area contributed by atoms with Crippen LogP contribution in [0.4, 0.5) is 0 Å². The average molecular weight is 566 g/mol. The normalized spacial score (nSPS) is 16.0. The predicted molar refractivity (Wildman–Crippen MR) is 139 cm³/mol. The Morgan fingerprint density at radius 1 is 0.946 bits per heavy atom. The number of carbonyl (C=O) groups excluding carboxylic acids is 2. The fourth-order valence-electron chi connectivity index (χ4n) is 4.07. The van der Waals surface area contributed by atoms with E-state index in [4.69, 9.17) is 4.74 Å². The highest BCUT2D eigenvalue weighted by molar-refractivity contribution is 7.90. The quantitative estimate of drug-likeness (QED) is 0.420. The second kappa shape index (κ2) is 10.9. The van der Waals surface area contributed by atoms with Crippen molar-refractivity contribution >= 4 is 53.3 Å². The lowest BCUT2D eigenvalue weighted by atomic mass is 10.2. The predicted octanol–water partition coefficient (Wildman–Crippen LogP) is 2.59. The molecule has 10 nitrogen and oxygen atoms in total. The van der Waals surface area contributed by atoms with Crippen LogP contribution < -0.4 is 4.80 Å². The lowest BCUT2D eigenvalue weighted by Gasteiger charge is -2.19. The van der Waals surface area contributed by atoms with Crippen molar-refractivity contribution in [2.24, 2.45) is 4.99 Å². The van der Waals surface area contributed by atoms with Crippen molar-refractivity contribution in [1.29, 1.82) is 0 Å². The van der Waals surface area contributed by atoms with E-state index in [2.05, 4.69) is 4.99 Å². The summed E-state index contributed by atoms with van der Waals surface area (Å²) >= 11 is 1.06. The fraction of sp³-hybridized carbons (Fsp3) is 0.375. The minimum Gasteiger partial charge on any atom is -0.468 e. The van der Waals surface area contributed by atoms with E-state index < -0.39 is 31.7 Å². The molecule has 3 aromatic rings. The molecular formula is C24H27N3O7S3. The highest BCUT2D eigenvalue weighted by atomic mass is 32.2. The Hall–Kier alpha value is -2.87. The number of hydrogen-bond acceptors (Lipinski definition) is 8. The van der Waals surface area contributed by atoms with Gasteiger partial charge < -0.3 is 9.30 Å². The number of ether oxygens (including phenoxy) is 1. The molecule has 0 saturated carbocycles. The number of fused-ring (bicyclic) bond motifs is 1. The number of thiazole rings is 1. The van der Waals surface area contributed by atoms with Gasteiger partial charge in [0.1, 0.15) is 6.54 Å². The molecule has 4 rings (SSSR count). The molecule has 0 bridgehead atoms. The molecule has 2 heterocycles. The van der Waals surface area contributed by atoms with Crippen LogP contribution in [-0.4, -0.2) is 64.0 Å². The Labute approximate surface area is 219 Å². The van der Waals surface area contributed by atoms with Crippen molar-refractivity contribution in [3.8, 4) is 0 Å². The van der Waals surface area contributed by atoms with Gasteiger partial charge in [-0.2, -0.15) is 9.30 Å². The van der Waals surface area contributed by atoms with E-state index in [9.17, 15) is 26.4 Å². The van der Waals surface area contributed by atoms with E-state index in [0.29, 0.717) is 23.3 Å². The molecule has 0 aliphatic carbocycles. The number of amides is 1. The lowest BCUT2D eigenvalue weighted by Crippen LogP contribution is -2.31. The summed E-state index contributed by atoms with van der Waals surface area (Å²) in [6.45, 7) is 0.727. The van der Waals surface area contributed by atoms with Crippen molar-refractivity contribution in [3.63, 3.8) is 0 Å². The molecule has 13 heteroatoms. The fourth-order valence-corrected chi connectivity index (χ4v) is 7.37. The molecule has 198 valence electrons. The van der Waals surface area contributed by atoms with Crippen molar-refractivity contribution in [3.05, 3.63) is 52.8 Å². The molecule has 1 fully saturated rings. The van der Waals surface area contributed by atoms with E-state index in [0.717, 1.165) is 43.3 Å². The van der Waals surface area contributed by atoms with Gasteiger partial charge in [0, 0.05) is 24.9 Å². The van der Waals surface area contributed by atoms with Crippen LogP contribution in [0.25, 0.3) is 10.2 Å². The number of aromatic nitrogens is 1. The van der Waals surface area contributed by atoms with E-state index in [1.54, 1.807) is 6.07 Å². The second-order valence-electron chi connectivity index (χ2n) is 8.71. The standard InChI is InChI=1S/C24H27N3O7S3/c1-34-22(28)16-27-20-12-11-19(36(2,30)31)15-21(20)35-24(27)25-23(29)17-7-9-18(10-8-17)37(32,33)26-13-5-3-4-6-14-26/h7-12,15H,3-6,13-14,16H2,1-2H3. The molecule has 0 radical (unpaired) electrons. The summed E-state index contributed by atoms with van der Waals surface area (Å²) in [5, 5.41) is 0. The molecule has 0 unspecified atom stereocenters. The number of hydrogen-bond donors (Lipinski definition) is 0. The summed E-state index contributed by atoms with van der Waals surface area (Å²) in [4.78, 5) is 29.6. The van der Waals surface area contributed by atoms with E-state index in [-0.39, 0.29) is 26.7 Å². The zero-order valence-electron chi connectivity index (χ0n) is 20.4. The van der Waals surface area contributed by atoms with Crippen LogP contribution in [-0.2, 0) is 35.9 Å². The number of esters is 1. The van der Waals surface area contributed by atoms with Gasteiger partial charge in [0.25, 0.3) is 5.91 Å². The first-order valence-electron chi connectivity index (χ1n) is 11.6. The van der Waals surface area contributed by atoms with Crippen LogP contribution in [0.2, 0.25) is 0 Å². The molecule has 0 spiro atoms. The summed E-state index contributed by atoms with van der Waals surface area (Å²) in [5.41, 5.74) is 0.696. The first-order valence-corrected chi connectivity index (χ1v) is 15.7. The second-order valence-corrected chi connectivity index (χ2v) is 13.7. The number of rotatable bonds is 6. The summed E-state index contributed by atoms with van der Waals surface area (Å²) in [7, 11) is -5.88. The highest BCUT2D eigenvalue weighted by Gasteiger charge is 2.25. The number of benzene rings is 2. The van der Waals surface area contributed by atoms with Gasteiger partial charge in [0.05, 0.1) is 27.1 Å². The topological polar surface area (TPSA) is 132 Å². The minimum absolute atomic E-state index is 0.102. The van der Waals surface area contributed by atoms with Crippen LogP contribution in [0.5, 0.6) is 0 Å². The Morgan fingerprint density at radius 3 is 2.16 bits per heavy atom. The van der Waals surface area contributed by atoms with Crippen LogP contribution in [0.1, 0.15) is 36.0 Å². The van der Waals surface area contributed by atoms with Crippen LogP contribution in [0.15, 0.2) is 57.2 Å². The van der Waals surface area contributed by atoms with Crippen molar-refractivity contribution < 1.29 is 31.2 Å². The molecule has 0 atom stereocenters. The van der Waals surface area contributed by atoms with Gasteiger partial charge in [-0.15, -0.1) is 0 Å². The Bertz CT molecular complexity index is 1610. The zero-order chi connectivity index (χ0) is 26.8. The van der Waals surface area contributed by atoms with Crippen molar-refractivity contribution in [1.82, 2.24) is 8.87 Å². The third-order valence-corrected chi connectivity index (χ3v) is 10.2. The monoisotopic (exact) mass is 565 g/mol. The van der Waals surface area contributed by atoms with Crippen LogP contribution in [0, 0.1) is 0 Å². The molecule has 0 N–H and O–H groups in total. The summed E-state index contributed by atoms with van der Waals surface area (Å²) in [5.74, 6) is -1.20. The van der Waals surface area contributed by atoms with Gasteiger partial charge in [0.2, 0.25) is 10.0 Å². The smallest absolute Gasteiger partial charge is 0.325 e. The average Bonchev–Trinajstić information content (AvgIpc) is 3.02.